The van der Waals surface area contributed by atoms with E-state index in [0.717, 1.165) is 12.8 Å². The molecule has 3 N–H and O–H groups in total. The summed E-state index contributed by atoms with van der Waals surface area (Å²) in [6.45, 7) is 2.00. The van der Waals surface area contributed by atoms with Gasteiger partial charge >= 0.3 is 0 Å². The van der Waals surface area contributed by atoms with E-state index < -0.39 is 0 Å². The van der Waals surface area contributed by atoms with E-state index in [1.54, 1.807) is 0 Å². The lowest BCUT2D eigenvalue weighted by Gasteiger charge is -1.85. The van der Waals surface area contributed by atoms with Crippen LogP contribution < -0.4 is 5.73 Å². The van der Waals surface area contributed by atoms with Crippen LogP contribution in [-0.4, -0.2) is 5.84 Å². The zero-order valence-corrected chi connectivity index (χ0v) is 6.11. The van der Waals surface area contributed by atoms with Crippen molar-refractivity contribution in [2.75, 3.05) is 0 Å². The lowest BCUT2D eigenvalue weighted by atomic mass is 10.3. The SMILES string of the molecule is Br.CCCC(=N)N. The summed E-state index contributed by atoms with van der Waals surface area (Å²) in [7, 11) is 0. The van der Waals surface area contributed by atoms with Crippen LogP contribution in [0.2, 0.25) is 0 Å². The summed E-state index contributed by atoms with van der Waals surface area (Å²) in [4.78, 5) is 0. The van der Waals surface area contributed by atoms with Crippen molar-refractivity contribution < 1.29 is 0 Å². The molecular formula is C4H11BrN2. The van der Waals surface area contributed by atoms with Crippen LogP contribution in [0.15, 0.2) is 0 Å². The second-order valence-corrected chi connectivity index (χ2v) is 1.28. The van der Waals surface area contributed by atoms with Crippen LogP contribution >= 0.6 is 17.0 Å². The molecule has 0 unspecified atom stereocenters. The van der Waals surface area contributed by atoms with Gasteiger partial charge in [0.1, 0.15) is 0 Å². The van der Waals surface area contributed by atoms with Gasteiger partial charge in [0.25, 0.3) is 0 Å². The lowest BCUT2D eigenvalue weighted by Crippen LogP contribution is -2.07. The minimum absolute atomic E-state index is 0. The fourth-order valence-electron chi connectivity index (χ4n) is 0.269. The number of amidine groups is 1. The van der Waals surface area contributed by atoms with Crippen LogP contribution in [0.5, 0.6) is 0 Å². The van der Waals surface area contributed by atoms with Gasteiger partial charge in [-0.1, -0.05) is 6.92 Å². The Morgan fingerprint density at radius 2 is 2.14 bits per heavy atom. The first-order valence-corrected chi connectivity index (χ1v) is 2.10. The third-order valence-corrected chi connectivity index (χ3v) is 0.519. The maximum absolute atomic E-state index is 6.67. The Balaban J connectivity index is 0. The van der Waals surface area contributed by atoms with Gasteiger partial charge in [-0.25, -0.2) is 0 Å². The van der Waals surface area contributed by atoms with Crippen molar-refractivity contribution in [3.05, 3.63) is 0 Å². The zero-order valence-electron chi connectivity index (χ0n) is 4.40. The van der Waals surface area contributed by atoms with Gasteiger partial charge < -0.3 is 5.73 Å². The van der Waals surface area contributed by atoms with Gasteiger partial charge in [0.05, 0.1) is 5.84 Å². The van der Waals surface area contributed by atoms with Crippen LogP contribution in [0.25, 0.3) is 0 Å². The molecule has 0 aliphatic heterocycles. The second kappa shape index (κ2) is 5.95. The van der Waals surface area contributed by atoms with E-state index in [1.807, 2.05) is 6.92 Å². The molecule has 0 aromatic carbocycles. The minimum atomic E-state index is 0. The minimum Gasteiger partial charge on any atom is -0.388 e. The standard InChI is InChI=1S/C4H10N2.BrH/c1-2-3-4(5)6;/h2-3H2,1H3,(H3,5,6);1H. The van der Waals surface area contributed by atoms with Gasteiger partial charge in [0, 0.05) is 6.42 Å². The van der Waals surface area contributed by atoms with Crippen molar-refractivity contribution in [3.8, 4) is 0 Å². The van der Waals surface area contributed by atoms with Crippen LogP contribution in [0.1, 0.15) is 19.8 Å². The largest absolute Gasteiger partial charge is 0.388 e. The van der Waals surface area contributed by atoms with Gasteiger partial charge in [-0.15, -0.1) is 17.0 Å². The van der Waals surface area contributed by atoms with Crippen LogP contribution in [0.3, 0.4) is 0 Å². The molecule has 0 rings (SSSR count). The highest BCUT2D eigenvalue weighted by atomic mass is 79.9. The van der Waals surface area contributed by atoms with E-state index in [-0.39, 0.29) is 22.8 Å². The first-order valence-electron chi connectivity index (χ1n) is 2.10. The van der Waals surface area contributed by atoms with Crippen molar-refractivity contribution in [2.45, 2.75) is 19.8 Å². The number of nitrogens with two attached hydrogens (primary N) is 1. The maximum atomic E-state index is 6.67. The number of nitrogens with one attached hydrogen (secondary N) is 1. The summed E-state index contributed by atoms with van der Waals surface area (Å²) in [5.41, 5.74) is 4.99. The summed E-state index contributed by atoms with van der Waals surface area (Å²) in [5.74, 6) is 0.289. The van der Waals surface area contributed by atoms with E-state index in [0.29, 0.717) is 0 Å². The molecule has 0 heterocycles. The summed E-state index contributed by atoms with van der Waals surface area (Å²) in [5, 5.41) is 6.67. The molecule has 44 valence electrons. The van der Waals surface area contributed by atoms with E-state index >= 15 is 0 Å². The molecule has 0 saturated heterocycles. The first-order chi connectivity index (χ1) is 2.77. The predicted octanol–water partition coefficient (Wildman–Crippen LogP) is 1.30. The molecule has 0 aromatic rings. The molecule has 0 atom stereocenters. The van der Waals surface area contributed by atoms with Crippen molar-refractivity contribution in [1.29, 1.82) is 5.41 Å². The Kier molecular flexibility index (Phi) is 8.54. The quantitative estimate of drug-likeness (QED) is 0.472. The topological polar surface area (TPSA) is 49.9 Å². The molecule has 0 fully saturated rings. The molecule has 0 aromatic heterocycles. The van der Waals surface area contributed by atoms with E-state index in [9.17, 15) is 0 Å². The monoisotopic (exact) mass is 166 g/mol. The van der Waals surface area contributed by atoms with Crippen LogP contribution in [-0.2, 0) is 0 Å². The van der Waals surface area contributed by atoms with E-state index in [4.69, 9.17) is 11.1 Å². The molecule has 0 amide bonds. The van der Waals surface area contributed by atoms with Gasteiger partial charge in [0.15, 0.2) is 0 Å². The van der Waals surface area contributed by atoms with E-state index in [2.05, 4.69) is 0 Å². The van der Waals surface area contributed by atoms with Crippen LogP contribution in [0, 0.1) is 5.41 Å². The first kappa shape index (κ1) is 10.0. The summed E-state index contributed by atoms with van der Waals surface area (Å²) in [6.07, 6.45) is 1.72. The number of hydrogen-bond donors (Lipinski definition) is 2. The molecular weight excluding hydrogens is 156 g/mol. The highest BCUT2D eigenvalue weighted by molar-refractivity contribution is 8.93. The van der Waals surface area contributed by atoms with Gasteiger partial charge in [-0.05, 0) is 6.42 Å². The van der Waals surface area contributed by atoms with Crippen LogP contribution in [0.4, 0.5) is 0 Å². The maximum Gasteiger partial charge on any atom is 0.0905 e. The Morgan fingerprint density at radius 1 is 1.71 bits per heavy atom. The summed E-state index contributed by atoms with van der Waals surface area (Å²) < 4.78 is 0. The highest BCUT2D eigenvalue weighted by Gasteiger charge is 1.79. The third kappa shape index (κ3) is 10.7. The smallest absolute Gasteiger partial charge is 0.0905 e. The Bertz CT molecular complexity index is 53.7. The van der Waals surface area contributed by atoms with Crippen molar-refractivity contribution in [3.63, 3.8) is 0 Å². The Morgan fingerprint density at radius 3 is 2.14 bits per heavy atom. The normalized spacial score (nSPS) is 7.00. The molecule has 0 aliphatic rings. The molecule has 3 heteroatoms. The number of halogens is 1. The summed E-state index contributed by atoms with van der Waals surface area (Å²) in [6, 6.07) is 0. The average molecular weight is 167 g/mol. The number of rotatable bonds is 2. The van der Waals surface area contributed by atoms with Crippen molar-refractivity contribution in [2.24, 2.45) is 5.73 Å². The van der Waals surface area contributed by atoms with E-state index in [1.165, 1.54) is 0 Å². The molecule has 0 aliphatic carbocycles. The van der Waals surface area contributed by atoms with Gasteiger partial charge in [0.2, 0.25) is 0 Å². The second-order valence-electron chi connectivity index (χ2n) is 1.28. The van der Waals surface area contributed by atoms with Gasteiger partial charge in [-0.3, -0.25) is 5.41 Å². The van der Waals surface area contributed by atoms with Crippen molar-refractivity contribution in [1.82, 2.24) is 0 Å². The average Bonchev–Trinajstić information content (AvgIpc) is 1.35. The fraction of sp³-hybridized carbons (Fsp3) is 0.750. The molecule has 0 radical (unpaired) electrons. The Hall–Kier alpha value is -0.0500. The third-order valence-electron chi connectivity index (χ3n) is 0.519. The Labute approximate surface area is 54.4 Å². The van der Waals surface area contributed by atoms with Crippen molar-refractivity contribution >= 4 is 22.8 Å². The molecule has 7 heavy (non-hydrogen) atoms. The molecule has 0 spiro atoms. The molecule has 0 bridgehead atoms. The zero-order chi connectivity index (χ0) is 4.99. The van der Waals surface area contributed by atoms with Gasteiger partial charge in [-0.2, -0.15) is 0 Å². The molecule has 0 saturated carbocycles. The highest BCUT2D eigenvalue weighted by Crippen LogP contribution is 1.80. The fourth-order valence-corrected chi connectivity index (χ4v) is 0.269. The molecule has 2 nitrogen and oxygen atoms in total. The summed E-state index contributed by atoms with van der Waals surface area (Å²) >= 11 is 0. The lowest BCUT2D eigenvalue weighted by molar-refractivity contribution is 0.976. The number of hydrogen-bond acceptors (Lipinski definition) is 1. The predicted molar refractivity (Wildman–Crippen MR) is 37.1 cm³/mol.